The third kappa shape index (κ3) is 3.62. The average molecular weight is 335 g/mol. The highest BCUT2D eigenvalue weighted by molar-refractivity contribution is 5.76. The van der Waals surface area contributed by atoms with Crippen molar-refractivity contribution in [1.82, 2.24) is 15.2 Å². The van der Waals surface area contributed by atoms with E-state index < -0.39 is 11.6 Å². The Morgan fingerprint density at radius 2 is 2.04 bits per heavy atom. The maximum atomic E-state index is 13.4. The summed E-state index contributed by atoms with van der Waals surface area (Å²) in [5.74, 6) is -0.513. The molecule has 24 heavy (non-hydrogen) atoms. The maximum absolute atomic E-state index is 13.4. The van der Waals surface area contributed by atoms with Crippen molar-refractivity contribution in [3.63, 3.8) is 0 Å². The third-order valence-corrected chi connectivity index (χ3v) is 4.20. The molecule has 1 aromatic heterocycles. The number of benzene rings is 1. The lowest BCUT2D eigenvalue weighted by atomic mass is 10.2. The largest absolute Gasteiger partial charge is 0.441 e. The minimum absolute atomic E-state index is 0.0390. The summed E-state index contributed by atoms with van der Waals surface area (Å²) in [5.41, 5.74) is 0.971. The quantitative estimate of drug-likeness (QED) is 0.937. The van der Waals surface area contributed by atoms with Gasteiger partial charge in [0.05, 0.1) is 5.69 Å². The molecule has 1 atom stereocenters. The Balaban J connectivity index is 1.82. The molecule has 2 heterocycles. The lowest BCUT2D eigenvalue weighted by Crippen LogP contribution is -2.37. The monoisotopic (exact) mass is 335 g/mol. The standard InChI is InChI=1S/C17H19F2N3O2/c1-10-8-20-16(23)3-4-22(10)9-15-11(2)24-17(21-15)12-5-13(18)7-14(19)6-12/h5-7,10H,3-4,8-9H2,1-2H3,(H,20,23)/t10-/m1/s1. The second kappa shape index (κ2) is 6.68. The molecule has 0 saturated carbocycles. The van der Waals surface area contributed by atoms with Crippen molar-refractivity contribution in [1.29, 1.82) is 0 Å². The number of nitrogens with one attached hydrogen (secondary N) is 1. The van der Waals surface area contributed by atoms with Crippen LogP contribution in [-0.4, -0.2) is 34.9 Å². The van der Waals surface area contributed by atoms with Crippen LogP contribution in [-0.2, 0) is 11.3 Å². The summed E-state index contributed by atoms with van der Waals surface area (Å²) in [5, 5.41) is 2.86. The van der Waals surface area contributed by atoms with Crippen LogP contribution in [0.15, 0.2) is 22.6 Å². The number of carbonyl (C=O) groups is 1. The molecule has 1 aliphatic heterocycles. The van der Waals surface area contributed by atoms with E-state index in [1.165, 1.54) is 12.1 Å². The highest BCUT2D eigenvalue weighted by atomic mass is 19.1. The van der Waals surface area contributed by atoms with Crippen LogP contribution in [0.4, 0.5) is 8.78 Å². The Bertz CT molecular complexity index is 740. The molecule has 1 aromatic carbocycles. The first-order chi connectivity index (χ1) is 11.4. The Morgan fingerprint density at radius 3 is 2.75 bits per heavy atom. The SMILES string of the molecule is Cc1oc(-c2cc(F)cc(F)c2)nc1CN1CCC(=O)NC[C@H]1C. The van der Waals surface area contributed by atoms with Gasteiger partial charge in [0.1, 0.15) is 17.4 Å². The van der Waals surface area contributed by atoms with Gasteiger partial charge in [0.2, 0.25) is 11.8 Å². The predicted octanol–water partition coefficient (Wildman–Crippen LogP) is 2.64. The number of aryl methyl sites for hydroxylation is 1. The Labute approximate surface area is 138 Å². The smallest absolute Gasteiger partial charge is 0.226 e. The first kappa shape index (κ1) is 16.6. The molecule has 5 nitrogen and oxygen atoms in total. The van der Waals surface area contributed by atoms with Crippen molar-refractivity contribution in [3.05, 3.63) is 41.3 Å². The zero-order valence-electron chi connectivity index (χ0n) is 13.6. The van der Waals surface area contributed by atoms with Crippen molar-refractivity contribution in [3.8, 4) is 11.5 Å². The second-order valence-corrected chi connectivity index (χ2v) is 6.05. The topological polar surface area (TPSA) is 58.4 Å². The minimum Gasteiger partial charge on any atom is -0.441 e. The number of halogens is 2. The van der Waals surface area contributed by atoms with Crippen molar-refractivity contribution in [2.24, 2.45) is 0 Å². The van der Waals surface area contributed by atoms with Crippen molar-refractivity contribution in [2.75, 3.05) is 13.1 Å². The third-order valence-electron chi connectivity index (χ3n) is 4.20. The van der Waals surface area contributed by atoms with Crippen LogP contribution in [0.3, 0.4) is 0 Å². The van der Waals surface area contributed by atoms with E-state index in [1.54, 1.807) is 6.92 Å². The minimum atomic E-state index is -0.673. The number of aromatic nitrogens is 1. The van der Waals surface area contributed by atoms with Crippen molar-refractivity contribution >= 4 is 5.91 Å². The van der Waals surface area contributed by atoms with Crippen LogP contribution >= 0.6 is 0 Å². The van der Waals surface area contributed by atoms with Gasteiger partial charge in [0, 0.05) is 43.7 Å². The number of nitrogens with zero attached hydrogens (tertiary/aromatic N) is 2. The van der Waals surface area contributed by atoms with Gasteiger partial charge in [-0.05, 0) is 26.0 Å². The summed E-state index contributed by atoms with van der Waals surface area (Å²) in [6, 6.07) is 3.36. The van der Waals surface area contributed by atoms with E-state index in [4.69, 9.17) is 4.42 Å². The summed E-state index contributed by atoms with van der Waals surface area (Å²) in [6.45, 7) is 5.53. The number of hydrogen-bond donors (Lipinski definition) is 1. The Morgan fingerprint density at radius 1 is 1.33 bits per heavy atom. The van der Waals surface area contributed by atoms with Gasteiger partial charge in [-0.1, -0.05) is 0 Å². The molecule has 1 fully saturated rings. The Hall–Kier alpha value is -2.28. The van der Waals surface area contributed by atoms with E-state index in [-0.39, 0.29) is 23.4 Å². The average Bonchev–Trinajstić information content (AvgIpc) is 2.80. The predicted molar refractivity (Wildman–Crippen MR) is 84.1 cm³/mol. The van der Waals surface area contributed by atoms with Crippen molar-refractivity contribution < 1.29 is 18.0 Å². The van der Waals surface area contributed by atoms with Crippen LogP contribution in [0.1, 0.15) is 24.8 Å². The molecular formula is C17H19F2N3O2. The number of carbonyl (C=O) groups excluding carboxylic acids is 1. The molecule has 0 spiro atoms. The highest BCUT2D eigenvalue weighted by Gasteiger charge is 2.23. The highest BCUT2D eigenvalue weighted by Crippen LogP contribution is 2.24. The summed E-state index contributed by atoms with van der Waals surface area (Å²) in [4.78, 5) is 18.0. The van der Waals surface area contributed by atoms with Crippen LogP contribution in [0, 0.1) is 18.6 Å². The van der Waals surface area contributed by atoms with Gasteiger partial charge >= 0.3 is 0 Å². The summed E-state index contributed by atoms with van der Waals surface area (Å²) in [7, 11) is 0. The molecule has 1 aliphatic rings. The molecule has 2 aromatic rings. The van der Waals surface area contributed by atoms with E-state index in [9.17, 15) is 13.6 Å². The fraction of sp³-hybridized carbons (Fsp3) is 0.412. The van der Waals surface area contributed by atoms with Crippen LogP contribution < -0.4 is 5.32 Å². The van der Waals surface area contributed by atoms with Gasteiger partial charge in [-0.3, -0.25) is 9.69 Å². The molecular weight excluding hydrogens is 316 g/mol. The summed E-state index contributed by atoms with van der Waals surface area (Å²) < 4.78 is 32.3. The van der Waals surface area contributed by atoms with Gasteiger partial charge < -0.3 is 9.73 Å². The second-order valence-electron chi connectivity index (χ2n) is 6.05. The molecule has 3 rings (SSSR count). The molecule has 1 saturated heterocycles. The number of rotatable bonds is 3. The van der Waals surface area contributed by atoms with Crippen LogP contribution in [0.25, 0.3) is 11.5 Å². The van der Waals surface area contributed by atoms with Gasteiger partial charge in [-0.2, -0.15) is 0 Å². The molecule has 0 unspecified atom stereocenters. The lowest BCUT2D eigenvalue weighted by molar-refractivity contribution is -0.120. The zero-order chi connectivity index (χ0) is 17.3. The van der Waals surface area contributed by atoms with Gasteiger partial charge in [0.15, 0.2) is 0 Å². The molecule has 0 aliphatic carbocycles. The molecule has 0 radical (unpaired) electrons. The van der Waals surface area contributed by atoms with Crippen LogP contribution in [0.2, 0.25) is 0 Å². The summed E-state index contributed by atoms with van der Waals surface area (Å²) >= 11 is 0. The maximum Gasteiger partial charge on any atom is 0.226 e. The van der Waals surface area contributed by atoms with Gasteiger partial charge in [-0.25, -0.2) is 13.8 Å². The number of amides is 1. The molecule has 0 bridgehead atoms. The lowest BCUT2D eigenvalue weighted by Gasteiger charge is -2.25. The van der Waals surface area contributed by atoms with E-state index in [1.807, 2.05) is 6.92 Å². The zero-order valence-corrected chi connectivity index (χ0v) is 13.6. The summed E-state index contributed by atoms with van der Waals surface area (Å²) in [6.07, 6.45) is 0.434. The molecule has 7 heteroatoms. The van der Waals surface area contributed by atoms with Crippen LogP contribution in [0.5, 0.6) is 0 Å². The van der Waals surface area contributed by atoms with E-state index in [0.717, 1.165) is 6.07 Å². The fourth-order valence-corrected chi connectivity index (χ4v) is 2.75. The first-order valence-electron chi connectivity index (χ1n) is 7.86. The van der Waals surface area contributed by atoms with Crippen molar-refractivity contribution in [2.45, 2.75) is 32.9 Å². The first-order valence-corrected chi connectivity index (χ1v) is 7.86. The number of hydrogen-bond acceptors (Lipinski definition) is 4. The number of oxazole rings is 1. The molecule has 1 amide bonds. The van der Waals surface area contributed by atoms with Gasteiger partial charge in [0.25, 0.3) is 0 Å². The van der Waals surface area contributed by atoms with E-state index in [0.29, 0.717) is 37.5 Å². The normalized spacial score (nSPS) is 19.2. The molecule has 1 N–H and O–H groups in total. The fourth-order valence-electron chi connectivity index (χ4n) is 2.75. The Kier molecular flexibility index (Phi) is 4.62. The van der Waals surface area contributed by atoms with E-state index in [2.05, 4.69) is 15.2 Å². The van der Waals surface area contributed by atoms with E-state index >= 15 is 0 Å². The molecule has 128 valence electrons. The van der Waals surface area contributed by atoms with Gasteiger partial charge in [-0.15, -0.1) is 0 Å².